The van der Waals surface area contributed by atoms with E-state index in [9.17, 15) is 9.59 Å². The van der Waals surface area contributed by atoms with Crippen LogP contribution in [0.25, 0.3) is 0 Å². The Balaban J connectivity index is 1.61. The summed E-state index contributed by atoms with van der Waals surface area (Å²) in [6.07, 6.45) is 1.01. The van der Waals surface area contributed by atoms with Gasteiger partial charge in [-0.1, -0.05) is 12.1 Å². The van der Waals surface area contributed by atoms with Gasteiger partial charge in [-0.15, -0.1) is 0 Å². The van der Waals surface area contributed by atoms with Crippen molar-refractivity contribution in [3.8, 4) is 5.75 Å². The number of fused-ring (bicyclic) bond motifs is 1. The molecule has 0 saturated heterocycles. The van der Waals surface area contributed by atoms with E-state index in [2.05, 4.69) is 15.7 Å². The van der Waals surface area contributed by atoms with E-state index < -0.39 is 0 Å². The predicted octanol–water partition coefficient (Wildman–Crippen LogP) is 3.16. The van der Waals surface area contributed by atoms with E-state index in [0.29, 0.717) is 32.5 Å². The number of carbonyl (C=O) groups is 2. The van der Waals surface area contributed by atoms with Crippen LogP contribution in [0.15, 0.2) is 18.2 Å². The van der Waals surface area contributed by atoms with Gasteiger partial charge >= 0.3 is 6.03 Å². The summed E-state index contributed by atoms with van der Waals surface area (Å²) in [6.45, 7) is 11.4. The molecular weight excluding hydrogens is 406 g/mol. The highest BCUT2D eigenvalue weighted by Gasteiger charge is 2.21. The first-order valence-electron chi connectivity index (χ1n) is 11.2. The predicted molar refractivity (Wildman–Crippen MR) is 124 cm³/mol. The zero-order chi connectivity index (χ0) is 23.4. The molecule has 3 rings (SSSR count). The number of nitrogens with zero attached hydrogens (tertiary/aromatic N) is 3. The average molecular weight is 442 g/mol. The molecule has 0 radical (unpaired) electrons. The molecule has 0 aliphatic carbocycles. The number of benzene rings is 1. The molecule has 1 aromatic heterocycles. The zero-order valence-electron chi connectivity index (χ0n) is 20.0. The van der Waals surface area contributed by atoms with Crippen molar-refractivity contribution >= 4 is 11.9 Å². The fraction of sp³-hybridized carbons (Fsp3) is 0.542. The Morgan fingerprint density at radius 2 is 1.94 bits per heavy atom. The number of nitrogens with one attached hydrogen (secondary N) is 2. The van der Waals surface area contributed by atoms with Crippen molar-refractivity contribution < 1.29 is 14.3 Å². The Morgan fingerprint density at radius 3 is 2.59 bits per heavy atom. The standard InChI is InChI=1S/C24H35N5O3/c1-15(2)25-24(31)29-11-12-32-21-9-7-19(13-20(21)14-29)8-10-22(30)26-16(3)23-17(4)27-28(6)18(23)5/h7,9,13,15-16H,8,10-12,14H2,1-6H3,(H,25,31)(H,26,30). The van der Waals surface area contributed by atoms with E-state index in [4.69, 9.17) is 4.74 Å². The van der Waals surface area contributed by atoms with E-state index in [1.165, 1.54) is 0 Å². The summed E-state index contributed by atoms with van der Waals surface area (Å²) >= 11 is 0. The van der Waals surface area contributed by atoms with Gasteiger partial charge < -0.3 is 20.3 Å². The first-order chi connectivity index (χ1) is 15.2. The molecule has 0 saturated carbocycles. The molecule has 2 heterocycles. The van der Waals surface area contributed by atoms with Gasteiger partial charge in [0.25, 0.3) is 0 Å². The number of hydrogen-bond acceptors (Lipinski definition) is 4. The van der Waals surface area contributed by atoms with E-state index in [-0.39, 0.29) is 24.0 Å². The molecule has 1 unspecified atom stereocenters. The molecule has 1 aromatic carbocycles. The number of carbonyl (C=O) groups excluding carboxylic acids is 2. The Labute approximate surface area is 190 Å². The third kappa shape index (κ3) is 5.60. The minimum Gasteiger partial charge on any atom is -0.491 e. The van der Waals surface area contributed by atoms with Crippen LogP contribution in [0.3, 0.4) is 0 Å². The minimum absolute atomic E-state index is 0.00397. The average Bonchev–Trinajstić information content (AvgIpc) is 2.88. The topological polar surface area (TPSA) is 88.5 Å². The second-order valence-corrected chi connectivity index (χ2v) is 8.81. The number of rotatable bonds is 6. The lowest BCUT2D eigenvalue weighted by Gasteiger charge is -2.22. The number of aryl methyl sites for hydroxylation is 3. The minimum atomic E-state index is -0.0929. The van der Waals surface area contributed by atoms with Gasteiger partial charge in [-0.05, 0) is 52.7 Å². The van der Waals surface area contributed by atoms with Gasteiger partial charge in [-0.2, -0.15) is 5.10 Å². The van der Waals surface area contributed by atoms with Crippen molar-refractivity contribution in [2.75, 3.05) is 13.2 Å². The van der Waals surface area contributed by atoms with Crippen LogP contribution in [0.4, 0.5) is 4.79 Å². The van der Waals surface area contributed by atoms with Crippen molar-refractivity contribution in [1.29, 1.82) is 0 Å². The number of ether oxygens (including phenoxy) is 1. The molecular formula is C24H35N5O3. The molecule has 174 valence electrons. The normalized spacial score (nSPS) is 14.4. The third-order valence-electron chi connectivity index (χ3n) is 5.82. The number of amides is 3. The van der Waals surface area contributed by atoms with Gasteiger partial charge in [0.2, 0.25) is 5.91 Å². The Kier molecular flexibility index (Phi) is 7.43. The highest BCUT2D eigenvalue weighted by atomic mass is 16.5. The van der Waals surface area contributed by atoms with Crippen LogP contribution in [0.5, 0.6) is 5.75 Å². The maximum absolute atomic E-state index is 12.6. The molecule has 2 aromatic rings. The van der Waals surface area contributed by atoms with Crippen molar-refractivity contribution in [1.82, 2.24) is 25.3 Å². The molecule has 0 spiro atoms. The lowest BCUT2D eigenvalue weighted by atomic mass is 10.0. The summed E-state index contributed by atoms with van der Waals surface area (Å²) in [5, 5.41) is 10.5. The summed E-state index contributed by atoms with van der Waals surface area (Å²) in [4.78, 5) is 26.8. The summed E-state index contributed by atoms with van der Waals surface area (Å²) < 4.78 is 7.67. The smallest absolute Gasteiger partial charge is 0.318 e. The Hall–Kier alpha value is -3.03. The molecule has 8 heteroatoms. The van der Waals surface area contributed by atoms with Crippen molar-refractivity contribution in [2.45, 2.75) is 66.1 Å². The first-order valence-corrected chi connectivity index (χ1v) is 11.2. The van der Waals surface area contributed by atoms with E-state index in [0.717, 1.165) is 33.8 Å². The quantitative estimate of drug-likeness (QED) is 0.721. The second kappa shape index (κ2) is 10.1. The van der Waals surface area contributed by atoms with E-state index >= 15 is 0 Å². The van der Waals surface area contributed by atoms with Gasteiger partial charge in [-0.3, -0.25) is 9.48 Å². The maximum atomic E-state index is 12.6. The van der Waals surface area contributed by atoms with Crippen molar-refractivity contribution in [2.24, 2.45) is 7.05 Å². The van der Waals surface area contributed by atoms with Gasteiger partial charge in [0.15, 0.2) is 0 Å². The highest BCUT2D eigenvalue weighted by Crippen LogP contribution is 2.25. The van der Waals surface area contributed by atoms with E-state index in [1.807, 2.05) is 64.5 Å². The Morgan fingerprint density at radius 1 is 1.19 bits per heavy atom. The van der Waals surface area contributed by atoms with Crippen LogP contribution in [0.2, 0.25) is 0 Å². The Bertz CT molecular complexity index is 982. The third-order valence-corrected chi connectivity index (χ3v) is 5.82. The summed E-state index contributed by atoms with van der Waals surface area (Å²) in [7, 11) is 1.91. The monoisotopic (exact) mass is 441 g/mol. The van der Waals surface area contributed by atoms with Crippen LogP contribution in [-0.4, -0.2) is 45.8 Å². The molecule has 2 N–H and O–H groups in total. The second-order valence-electron chi connectivity index (χ2n) is 8.81. The van der Waals surface area contributed by atoms with Crippen LogP contribution in [0, 0.1) is 13.8 Å². The van der Waals surface area contributed by atoms with Gasteiger partial charge in [0, 0.05) is 36.3 Å². The molecule has 1 aliphatic rings. The fourth-order valence-electron chi connectivity index (χ4n) is 4.18. The molecule has 1 aliphatic heterocycles. The van der Waals surface area contributed by atoms with Gasteiger partial charge in [-0.25, -0.2) is 4.79 Å². The molecule has 3 amide bonds. The van der Waals surface area contributed by atoms with Crippen LogP contribution >= 0.6 is 0 Å². The van der Waals surface area contributed by atoms with E-state index in [1.54, 1.807) is 4.90 Å². The zero-order valence-corrected chi connectivity index (χ0v) is 20.0. The fourth-order valence-corrected chi connectivity index (χ4v) is 4.18. The maximum Gasteiger partial charge on any atom is 0.318 e. The molecule has 1 atom stereocenters. The highest BCUT2D eigenvalue weighted by molar-refractivity contribution is 5.77. The van der Waals surface area contributed by atoms with Crippen LogP contribution < -0.4 is 15.4 Å². The molecule has 32 heavy (non-hydrogen) atoms. The first kappa shape index (κ1) is 23.6. The van der Waals surface area contributed by atoms with Crippen molar-refractivity contribution in [3.05, 3.63) is 46.3 Å². The molecule has 8 nitrogen and oxygen atoms in total. The summed E-state index contributed by atoms with van der Waals surface area (Å²) in [5.41, 5.74) is 5.09. The lowest BCUT2D eigenvalue weighted by Crippen LogP contribution is -2.43. The van der Waals surface area contributed by atoms with Gasteiger partial charge in [0.05, 0.1) is 24.8 Å². The summed E-state index contributed by atoms with van der Waals surface area (Å²) in [6, 6.07) is 5.88. The van der Waals surface area contributed by atoms with Crippen molar-refractivity contribution in [3.63, 3.8) is 0 Å². The van der Waals surface area contributed by atoms with Crippen LogP contribution in [-0.2, 0) is 24.8 Å². The largest absolute Gasteiger partial charge is 0.491 e. The number of urea groups is 1. The molecule has 0 fully saturated rings. The summed E-state index contributed by atoms with van der Waals surface area (Å²) in [5.74, 6) is 0.804. The number of aromatic nitrogens is 2. The number of hydrogen-bond donors (Lipinski definition) is 2. The van der Waals surface area contributed by atoms with Crippen LogP contribution in [0.1, 0.15) is 61.3 Å². The molecule has 0 bridgehead atoms. The van der Waals surface area contributed by atoms with Gasteiger partial charge in [0.1, 0.15) is 12.4 Å². The lowest BCUT2D eigenvalue weighted by molar-refractivity contribution is -0.121. The SMILES string of the molecule is Cc1nn(C)c(C)c1C(C)NC(=O)CCc1ccc2c(c1)CN(C(=O)NC(C)C)CCO2.